The van der Waals surface area contributed by atoms with Crippen LogP contribution in [0.1, 0.15) is 265 Å². The maximum Gasteiger partial charge on any atom is 0.306 e. The Hall–Kier alpha value is -3.93. The third-order valence-corrected chi connectivity index (χ3v) is 12.3. The smallest absolute Gasteiger partial charge is 0.306 e. The van der Waals surface area contributed by atoms with Gasteiger partial charge in [0.1, 0.15) is 13.2 Å². The molecule has 6 heteroatoms. The molecule has 0 aliphatic rings. The van der Waals surface area contributed by atoms with Crippen LogP contribution in [0.5, 0.6) is 0 Å². The molecular weight excluding hydrogens is 877 g/mol. The minimum atomic E-state index is -0.815. The number of ether oxygens (including phenoxy) is 3. The van der Waals surface area contributed by atoms with Gasteiger partial charge in [-0.15, -0.1) is 0 Å². The average Bonchev–Trinajstić information content (AvgIpc) is 3.37. The first kappa shape index (κ1) is 67.1. The minimum Gasteiger partial charge on any atom is -0.462 e. The molecule has 1 unspecified atom stereocenters. The van der Waals surface area contributed by atoms with Gasteiger partial charge in [-0.3, -0.25) is 14.4 Å². The zero-order valence-electron chi connectivity index (χ0n) is 46.2. The number of rotatable bonds is 52. The van der Waals surface area contributed by atoms with Crippen LogP contribution < -0.4 is 0 Å². The van der Waals surface area contributed by atoms with Crippen LogP contribution in [0.3, 0.4) is 0 Å². The van der Waals surface area contributed by atoms with E-state index >= 15 is 0 Å². The molecule has 0 aromatic heterocycles. The summed E-state index contributed by atoms with van der Waals surface area (Å²) in [4.78, 5) is 38.2. The van der Waals surface area contributed by atoms with Gasteiger partial charge in [0, 0.05) is 19.3 Å². The Morgan fingerprint density at radius 2 is 0.577 bits per heavy atom. The fourth-order valence-electron chi connectivity index (χ4n) is 7.95. The third kappa shape index (κ3) is 56.9. The highest BCUT2D eigenvalue weighted by Crippen LogP contribution is 2.16. The van der Waals surface area contributed by atoms with Crippen LogP contribution in [-0.4, -0.2) is 37.2 Å². The van der Waals surface area contributed by atoms with E-state index in [0.717, 1.165) is 109 Å². The predicted molar refractivity (Wildman–Crippen MR) is 307 cm³/mol. The summed E-state index contributed by atoms with van der Waals surface area (Å²) in [7, 11) is 0. The molecule has 1 atom stereocenters. The molecule has 0 aromatic rings. The van der Waals surface area contributed by atoms with E-state index in [1.54, 1.807) is 0 Å². The van der Waals surface area contributed by atoms with Gasteiger partial charge >= 0.3 is 17.9 Å². The van der Waals surface area contributed by atoms with Gasteiger partial charge in [-0.1, -0.05) is 265 Å². The summed E-state index contributed by atoms with van der Waals surface area (Å²) >= 11 is 0. The van der Waals surface area contributed by atoms with E-state index in [-0.39, 0.29) is 37.5 Å². The average molecular weight is 986 g/mol. The number of allylic oxidation sites excluding steroid dienone is 18. The zero-order chi connectivity index (χ0) is 51.4. The van der Waals surface area contributed by atoms with Crippen LogP contribution in [0.2, 0.25) is 0 Å². The summed E-state index contributed by atoms with van der Waals surface area (Å²) in [5, 5.41) is 0. The van der Waals surface area contributed by atoms with E-state index in [2.05, 4.69) is 124 Å². The maximum absolute atomic E-state index is 12.9. The van der Waals surface area contributed by atoms with Crippen molar-refractivity contribution in [3.63, 3.8) is 0 Å². The second-order valence-electron chi connectivity index (χ2n) is 19.1. The highest BCUT2D eigenvalue weighted by molar-refractivity contribution is 5.71. The van der Waals surface area contributed by atoms with E-state index < -0.39 is 6.10 Å². The Balaban J connectivity index is 4.49. The van der Waals surface area contributed by atoms with Crippen LogP contribution in [0.15, 0.2) is 109 Å². The van der Waals surface area contributed by atoms with E-state index in [4.69, 9.17) is 14.2 Å². The molecule has 71 heavy (non-hydrogen) atoms. The van der Waals surface area contributed by atoms with Crippen LogP contribution in [0.4, 0.5) is 0 Å². The molecule has 0 aliphatic heterocycles. The molecule has 0 amide bonds. The molecule has 404 valence electrons. The number of carbonyl (C=O) groups excluding carboxylic acids is 3. The Morgan fingerprint density at radius 1 is 0.296 bits per heavy atom. The second kappa shape index (κ2) is 58.6. The van der Waals surface area contributed by atoms with Crippen molar-refractivity contribution in [1.29, 1.82) is 0 Å². The summed E-state index contributed by atoms with van der Waals surface area (Å²) in [6.07, 6.45) is 79.5. The van der Waals surface area contributed by atoms with Gasteiger partial charge in [-0.25, -0.2) is 0 Å². The number of esters is 3. The lowest BCUT2D eigenvalue weighted by atomic mass is 10.0. The number of carbonyl (C=O) groups is 3. The molecule has 0 aromatic carbocycles. The molecule has 0 bridgehead atoms. The molecule has 0 rings (SSSR count). The van der Waals surface area contributed by atoms with E-state index in [9.17, 15) is 14.4 Å². The van der Waals surface area contributed by atoms with Crippen molar-refractivity contribution in [2.24, 2.45) is 0 Å². The SMILES string of the molecule is CC/C=C\C/C=C\C/C=C\C/C=C\C/C=C\CCC(=O)OCC(COC(=O)CCCCCCCC/C=C\C/C=C\C/C=C\C/C=C\CC)OC(=O)CCCCCCCCCCCCCCCCCCCC. The van der Waals surface area contributed by atoms with Gasteiger partial charge in [0.25, 0.3) is 0 Å². The molecule has 0 saturated heterocycles. The Labute approximate surface area is 438 Å². The van der Waals surface area contributed by atoms with Crippen molar-refractivity contribution >= 4 is 17.9 Å². The molecular formula is C65H108O6. The molecule has 0 heterocycles. The van der Waals surface area contributed by atoms with Crippen molar-refractivity contribution < 1.29 is 28.6 Å². The Morgan fingerprint density at radius 3 is 0.944 bits per heavy atom. The predicted octanol–water partition coefficient (Wildman–Crippen LogP) is 19.9. The van der Waals surface area contributed by atoms with Crippen molar-refractivity contribution in [2.75, 3.05) is 13.2 Å². The van der Waals surface area contributed by atoms with E-state index in [0.29, 0.717) is 19.3 Å². The first-order valence-corrected chi connectivity index (χ1v) is 29.4. The van der Waals surface area contributed by atoms with E-state index in [1.165, 1.54) is 109 Å². The monoisotopic (exact) mass is 985 g/mol. The van der Waals surface area contributed by atoms with Crippen LogP contribution in [0, 0.1) is 0 Å². The van der Waals surface area contributed by atoms with Crippen molar-refractivity contribution in [3.05, 3.63) is 109 Å². The lowest BCUT2D eigenvalue weighted by Crippen LogP contribution is -2.30. The summed E-state index contributed by atoms with van der Waals surface area (Å²) in [5.41, 5.74) is 0. The molecule has 0 spiro atoms. The fraction of sp³-hybridized carbons (Fsp3) is 0.677. The number of hydrogen-bond donors (Lipinski definition) is 0. The van der Waals surface area contributed by atoms with E-state index in [1.807, 2.05) is 6.08 Å². The normalized spacial score (nSPS) is 12.9. The zero-order valence-corrected chi connectivity index (χ0v) is 46.2. The van der Waals surface area contributed by atoms with Gasteiger partial charge in [-0.2, -0.15) is 0 Å². The lowest BCUT2D eigenvalue weighted by Gasteiger charge is -2.18. The van der Waals surface area contributed by atoms with Gasteiger partial charge < -0.3 is 14.2 Å². The fourth-order valence-corrected chi connectivity index (χ4v) is 7.95. The topological polar surface area (TPSA) is 78.9 Å². The summed E-state index contributed by atoms with van der Waals surface area (Å²) < 4.78 is 16.8. The lowest BCUT2D eigenvalue weighted by molar-refractivity contribution is -0.166. The van der Waals surface area contributed by atoms with Crippen molar-refractivity contribution in [2.45, 2.75) is 271 Å². The highest BCUT2D eigenvalue weighted by Gasteiger charge is 2.19. The second-order valence-corrected chi connectivity index (χ2v) is 19.1. The van der Waals surface area contributed by atoms with Crippen molar-refractivity contribution in [3.8, 4) is 0 Å². The van der Waals surface area contributed by atoms with Crippen LogP contribution in [0.25, 0.3) is 0 Å². The highest BCUT2D eigenvalue weighted by atomic mass is 16.6. The van der Waals surface area contributed by atoms with Gasteiger partial charge in [0.05, 0.1) is 0 Å². The number of hydrogen-bond acceptors (Lipinski definition) is 6. The number of unbranched alkanes of at least 4 members (excludes halogenated alkanes) is 23. The van der Waals surface area contributed by atoms with Crippen LogP contribution >= 0.6 is 0 Å². The van der Waals surface area contributed by atoms with Crippen molar-refractivity contribution in [1.82, 2.24) is 0 Å². The summed E-state index contributed by atoms with van der Waals surface area (Å²) in [6.45, 7) is 6.35. The van der Waals surface area contributed by atoms with Gasteiger partial charge in [-0.05, 0) is 89.9 Å². The summed E-state index contributed by atoms with van der Waals surface area (Å²) in [6, 6.07) is 0. The quantitative estimate of drug-likeness (QED) is 0.0261. The third-order valence-electron chi connectivity index (χ3n) is 12.3. The minimum absolute atomic E-state index is 0.108. The van der Waals surface area contributed by atoms with Gasteiger partial charge in [0.15, 0.2) is 6.10 Å². The molecule has 0 N–H and O–H groups in total. The summed E-state index contributed by atoms with van der Waals surface area (Å²) in [5.74, 6) is -1.00. The Bertz CT molecular complexity index is 1460. The molecule has 0 radical (unpaired) electrons. The first-order valence-electron chi connectivity index (χ1n) is 29.4. The molecule has 0 saturated carbocycles. The maximum atomic E-state index is 12.9. The molecule has 6 nitrogen and oxygen atoms in total. The Kier molecular flexibility index (Phi) is 55.4. The molecule has 0 fully saturated rings. The molecule has 0 aliphatic carbocycles. The standard InChI is InChI=1S/C65H108O6/c1-4-7-10-13-16-19-22-25-28-31-33-35-37-40-43-46-49-52-55-58-64(67)70-61-62(60-69-63(66)57-54-51-48-45-42-39-36-30-27-24-21-18-15-12-9-6-3)71-65(68)59-56-53-50-47-44-41-38-34-32-29-26-23-20-17-14-11-8-5-2/h7,9-10,12,16,18-19,21,25,27-28,30,33,35,39,42,48,51,62H,4-6,8,11,13-15,17,20,22-24,26,29,31-32,34,36-38,40-41,43-47,49-50,52-61H2,1-3H3/b10-7-,12-9-,19-16-,21-18-,28-25-,30-27-,35-33-,42-39-,51-48-. The largest absolute Gasteiger partial charge is 0.462 e. The van der Waals surface area contributed by atoms with Gasteiger partial charge in [0.2, 0.25) is 0 Å². The first-order chi connectivity index (χ1) is 35.0. The van der Waals surface area contributed by atoms with Crippen LogP contribution in [-0.2, 0) is 28.6 Å².